The molecule has 0 aliphatic heterocycles. The molecule has 0 spiro atoms. The minimum absolute atomic E-state index is 0.201. The number of ketones is 1. The number of terminal acetylenes is 1. The van der Waals surface area contributed by atoms with E-state index in [2.05, 4.69) is 11.2 Å². The predicted molar refractivity (Wildman–Crippen MR) is 74.4 cm³/mol. The summed E-state index contributed by atoms with van der Waals surface area (Å²) in [4.78, 5) is 24.4. The lowest BCUT2D eigenvalue weighted by atomic mass is 10.0. The summed E-state index contributed by atoms with van der Waals surface area (Å²) in [6, 6.07) is 7.20. The molecule has 1 amide bonds. The molecule has 0 radical (unpaired) electrons. The quantitative estimate of drug-likeness (QED) is 0.660. The van der Waals surface area contributed by atoms with Gasteiger partial charge in [0.05, 0.1) is 5.57 Å². The van der Waals surface area contributed by atoms with E-state index in [1.54, 1.807) is 12.1 Å². The fraction of sp³-hybridized carbons (Fsp3) is 0.250. The SMILES string of the molecule is C#CCC1=C(C(=O)NCCC)C(=O)c2ccccc21. The van der Waals surface area contributed by atoms with Crippen LogP contribution in [0.2, 0.25) is 0 Å². The molecule has 0 heterocycles. The zero-order valence-electron chi connectivity index (χ0n) is 10.8. The maximum Gasteiger partial charge on any atom is 0.255 e. The van der Waals surface area contributed by atoms with Crippen molar-refractivity contribution in [3.63, 3.8) is 0 Å². The number of carbonyl (C=O) groups is 2. The van der Waals surface area contributed by atoms with Gasteiger partial charge in [0.25, 0.3) is 5.91 Å². The second kappa shape index (κ2) is 5.53. The third-order valence-electron chi connectivity index (χ3n) is 3.07. The molecular formula is C16H15NO2. The average Bonchev–Trinajstić information content (AvgIpc) is 2.71. The van der Waals surface area contributed by atoms with Crippen LogP contribution in [0.4, 0.5) is 0 Å². The van der Waals surface area contributed by atoms with E-state index in [4.69, 9.17) is 6.42 Å². The highest BCUT2D eigenvalue weighted by Gasteiger charge is 2.32. The first-order valence-electron chi connectivity index (χ1n) is 6.29. The van der Waals surface area contributed by atoms with Crippen LogP contribution in [0.1, 0.15) is 35.7 Å². The largest absolute Gasteiger partial charge is 0.352 e. The number of allylic oxidation sites excluding steroid dienone is 1. The Kier molecular flexibility index (Phi) is 3.82. The smallest absolute Gasteiger partial charge is 0.255 e. The number of rotatable bonds is 4. The van der Waals surface area contributed by atoms with Crippen LogP contribution in [-0.2, 0) is 4.79 Å². The Bertz CT molecular complexity index is 605. The number of amides is 1. The number of benzene rings is 1. The van der Waals surface area contributed by atoms with Gasteiger partial charge in [-0.3, -0.25) is 9.59 Å². The molecule has 0 bridgehead atoms. The van der Waals surface area contributed by atoms with Crippen molar-refractivity contribution in [2.24, 2.45) is 0 Å². The van der Waals surface area contributed by atoms with Crippen molar-refractivity contribution >= 4 is 17.3 Å². The first-order valence-corrected chi connectivity index (χ1v) is 6.29. The van der Waals surface area contributed by atoms with E-state index in [0.29, 0.717) is 17.7 Å². The molecule has 19 heavy (non-hydrogen) atoms. The van der Waals surface area contributed by atoms with Crippen LogP contribution in [0.25, 0.3) is 5.57 Å². The van der Waals surface area contributed by atoms with Gasteiger partial charge in [0, 0.05) is 18.5 Å². The molecule has 0 saturated heterocycles. The number of hydrogen-bond acceptors (Lipinski definition) is 2. The Hall–Kier alpha value is -2.34. The van der Waals surface area contributed by atoms with Gasteiger partial charge in [-0.1, -0.05) is 31.2 Å². The van der Waals surface area contributed by atoms with E-state index >= 15 is 0 Å². The van der Waals surface area contributed by atoms with Crippen LogP contribution in [-0.4, -0.2) is 18.2 Å². The second-order valence-corrected chi connectivity index (χ2v) is 4.37. The first kappa shape index (κ1) is 13.1. The fourth-order valence-electron chi connectivity index (χ4n) is 2.20. The molecule has 3 heteroatoms. The molecular weight excluding hydrogens is 238 g/mol. The number of Topliss-reactive ketones (excluding diaryl/α,β-unsaturated/α-hetero) is 1. The van der Waals surface area contributed by atoms with Crippen LogP contribution in [0, 0.1) is 12.3 Å². The molecule has 96 valence electrons. The van der Waals surface area contributed by atoms with E-state index < -0.39 is 0 Å². The van der Waals surface area contributed by atoms with E-state index in [-0.39, 0.29) is 23.7 Å². The molecule has 1 N–H and O–H groups in total. The second-order valence-electron chi connectivity index (χ2n) is 4.37. The lowest BCUT2D eigenvalue weighted by Crippen LogP contribution is -2.28. The van der Waals surface area contributed by atoms with Crippen LogP contribution >= 0.6 is 0 Å². The Labute approximate surface area is 112 Å². The zero-order chi connectivity index (χ0) is 13.8. The summed E-state index contributed by atoms with van der Waals surface area (Å²) in [7, 11) is 0. The van der Waals surface area contributed by atoms with Gasteiger partial charge in [-0.2, -0.15) is 0 Å². The molecule has 2 rings (SSSR count). The van der Waals surface area contributed by atoms with Crippen molar-refractivity contribution in [1.82, 2.24) is 5.32 Å². The Morgan fingerprint density at radius 2 is 2.00 bits per heavy atom. The maximum absolute atomic E-state index is 12.3. The summed E-state index contributed by atoms with van der Waals surface area (Å²) >= 11 is 0. The highest BCUT2D eigenvalue weighted by molar-refractivity contribution is 6.34. The fourth-order valence-corrected chi connectivity index (χ4v) is 2.20. The summed E-state index contributed by atoms with van der Waals surface area (Å²) in [5.74, 6) is 1.97. The van der Waals surface area contributed by atoms with Gasteiger partial charge in [0.1, 0.15) is 0 Å². The minimum Gasteiger partial charge on any atom is -0.352 e. The van der Waals surface area contributed by atoms with Crippen molar-refractivity contribution in [3.8, 4) is 12.3 Å². The Morgan fingerprint density at radius 1 is 1.32 bits per heavy atom. The molecule has 0 atom stereocenters. The summed E-state index contributed by atoms with van der Waals surface area (Å²) in [6.45, 7) is 2.51. The molecule has 1 aliphatic carbocycles. The number of carbonyl (C=O) groups excluding carboxylic acids is 2. The lowest BCUT2D eigenvalue weighted by molar-refractivity contribution is -0.117. The summed E-state index contributed by atoms with van der Waals surface area (Å²) in [5, 5.41) is 2.74. The van der Waals surface area contributed by atoms with Crippen molar-refractivity contribution in [2.45, 2.75) is 19.8 Å². The maximum atomic E-state index is 12.3. The zero-order valence-corrected chi connectivity index (χ0v) is 10.8. The Morgan fingerprint density at radius 3 is 2.63 bits per heavy atom. The van der Waals surface area contributed by atoms with Gasteiger partial charge < -0.3 is 5.32 Å². The monoisotopic (exact) mass is 253 g/mol. The van der Waals surface area contributed by atoms with Gasteiger partial charge in [-0.15, -0.1) is 12.3 Å². The van der Waals surface area contributed by atoms with E-state index in [1.807, 2.05) is 19.1 Å². The van der Waals surface area contributed by atoms with E-state index in [0.717, 1.165) is 12.0 Å². The third kappa shape index (κ3) is 2.30. The highest BCUT2D eigenvalue weighted by atomic mass is 16.2. The van der Waals surface area contributed by atoms with Gasteiger partial charge in [-0.25, -0.2) is 0 Å². The van der Waals surface area contributed by atoms with Crippen molar-refractivity contribution in [2.75, 3.05) is 6.54 Å². The molecule has 3 nitrogen and oxygen atoms in total. The molecule has 1 aromatic carbocycles. The van der Waals surface area contributed by atoms with E-state index in [9.17, 15) is 9.59 Å². The molecule has 1 aliphatic rings. The summed E-state index contributed by atoms with van der Waals surface area (Å²) in [6.07, 6.45) is 6.46. The molecule has 0 saturated carbocycles. The lowest BCUT2D eigenvalue weighted by Gasteiger charge is -2.05. The Balaban J connectivity index is 2.45. The standard InChI is InChI=1S/C16H15NO2/c1-3-7-12-11-8-5-6-9-13(11)15(18)14(12)16(19)17-10-4-2/h1,5-6,8-9H,4,7,10H2,2H3,(H,17,19). The number of hydrogen-bond donors (Lipinski definition) is 1. The topological polar surface area (TPSA) is 46.2 Å². The number of nitrogens with one attached hydrogen (secondary N) is 1. The van der Waals surface area contributed by atoms with Crippen molar-refractivity contribution in [3.05, 3.63) is 41.0 Å². The van der Waals surface area contributed by atoms with Gasteiger partial charge in [-0.05, 0) is 17.6 Å². The molecule has 0 aromatic heterocycles. The van der Waals surface area contributed by atoms with Crippen LogP contribution in [0.15, 0.2) is 29.8 Å². The van der Waals surface area contributed by atoms with Crippen LogP contribution in [0.3, 0.4) is 0 Å². The van der Waals surface area contributed by atoms with Gasteiger partial charge in [0.15, 0.2) is 5.78 Å². The number of fused-ring (bicyclic) bond motifs is 1. The first-order chi connectivity index (χ1) is 9.20. The van der Waals surface area contributed by atoms with Crippen molar-refractivity contribution in [1.29, 1.82) is 0 Å². The van der Waals surface area contributed by atoms with Crippen LogP contribution < -0.4 is 5.32 Å². The van der Waals surface area contributed by atoms with Gasteiger partial charge >= 0.3 is 0 Å². The van der Waals surface area contributed by atoms with Crippen molar-refractivity contribution < 1.29 is 9.59 Å². The van der Waals surface area contributed by atoms with Crippen LogP contribution in [0.5, 0.6) is 0 Å². The highest BCUT2D eigenvalue weighted by Crippen LogP contribution is 2.34. The van der Waals surface area contributed by atoms with E-state index in [1.165, 1.54) is 0 Å². The third-order valence-corrected chi connectivity index (χ3v) is 3.07. The molecule has 0 unspecified atom stereocenters. The predicted octanol–water partition coefficient (Wildman–Crippen LogP) is 2.19. The average molecular weight is 253 g/mol. The normalized spacial score (nSPS) is 13.2. The van der Waals surface area contributed by atoms with Gasteiger partial charge in [0.2, 0.25) is 0 Å². The summed E-state index contributed by atoms with van der Waals surface area (Å²) < 4.78 is 0. The minimum atomic E-state index is -0.326. The summed E-state index contributed by atoms with van der Waals surface area (Å²) in [5.41, 5.74) is 2.21. The molecule has 0 fully saturated rings. The molecule has 1 aromatic rings.